The number of aromatic nitrogens is 2. The van der Waals surface area contributed by atoms with Crippen molar-refractivity contribution in [2.75, 3.05) is 10.6 Å². The van der Waals surface area contributed by atoms with Crippen molar-refractivity contribution in [3.8, 4) is 0 Å². The number of halogens is 1. The molecule has 0 aliphatic carbocycles. The Balaban J connectivity index is 1.64. The first-order valence-corrected chi connectivity index (χ1v) is 8.22. The summed E-state index contributed by atoms with van der Waals surface area (Å²) in [5.41, 5.74) is 4.29. The summed E-state index contributed by atoms with van der Waals surface area (Å²) < 4.78 is 13.0. The lowest BCUT2D eigenvalue weighted by Gasteiger charge is -2.10. The van der Waals surface area contributed by atoms with E-state index in [-0.39, 0.29) is 5.82 Å². The van der Waals surface area contributed by atoms with Crippen LogP contribution in [0, 0.1) is 19.7 Å². The zero-order chi connectivity index (χ0) is 17.6. The van der Waals surface area contributed by atoms with Crippen LogP contribution in [0.3, 0.4) is 0 Å². The number of rotatable bonds is 6. The molecule has 5 heteroatoms. The normalized spacial score (nSPS) is 10.5. The summed E-state index contributed by atoms with van der Waals surface area (Å²) in [5, 5.41) is 6.52. The Kier molecular flexibility index (Phi) is 5.23. The van der Waals surface area contributed by atoms with Gasteiger partial charge in [-0.1, -0.05) is 42.0 Å². The molecule has 4 nitrogen and oxygen atoms in total. The molecule has 0 bridgehead atoms. The Morgan fingerprint density at radius 1 is 0.840 bits per heavy atom. The molecule has 1 heterocycles. The molecule has 0 saturated carbocycles. The molecule has 0 aliphatic heterocycles. The maximum atomic E-state index is 13.0. The fourth-order valence-electron chi connectivity index (χ4n) is 2.54. The van der Waals surface area contributed by atoms with E-state index in [9.17, 15) is 4.39 Å². The summed E-state index contributed by atoms with van der Waals surface area (Å²) >= 11 is 0. The fourth-order valence-corrected chi connectivity index (χ4v) is 2.54. The molecule has 2 aromatic carbocycles. The second-order valence-corrected chi connectivity index (χ2v) is 6.04. The van der Waals surface area contributed by atoms with Gasteiger partial charge < -0.3 is 10.6 Å². The van der Waals surface area contributed by atoms with Gasteiger partial charge in [0.25, 0.3) is 0 Å². The SMILES string of the molecule is Cc1cccc(CNc2cc(C)nc(NCc3ccc(F)cc3)n2)c1. The van der Waals surface area contributed by atoms with Crippen LogP contribution in [-0.4, -0.2) is 9.97 Å². The highest BCUT2D eigenvalue weighted by molar-refractivity contribution is 5.43. The van der Waals surface area contributed by atoms with Gasteiger partial charge in [0.15, 0.2) is 0 Å². The smallest absolute Gasteiger partial charge is 0.225 e. The maximum Gasteiger partial charge on any atom is 0.225 e. The van der Waals surface area contributed by atoms with Gasteiger partial charge in [-0.25, -0.2) is 9.37 Å². The molecule has 0 aliphatic rings. The lowest BCUT2D eigenvalue weighted by Crippen LogP contribution is -2.08. The molecule has 0 saturated heterocycles. The van der Waals surface area contributed by atoms with E-state index < -0.39 is 0 Å². The highest BCUT2D eigenvalue weighted by atomic mass is 19.1. The van der Waals surface area contributed by atoms with Crippen molar-refractivity contribution in [3.05, 3.63) is 82.8 Å². The molecule has 3 rings (SSSR count). The third kappa shape index (κ3) is 5.01. The average molecular weight is 336 g/mol. The van der Waals surface area contributed by atoms with Gasteiger partial charge in [-0.3, -0.25) is 0 Å². The number of hydrogen-bond acceptors (Lipinski definition) is 4. The van der Waals surface area contributed by atoms with Gasteiger partial charge in [0.1, 0.15) is 11.6 Å². The number of hydrogen-bond donors (Lipinski definition) is 2. The first kappa shape index (κ1) is 16.9. The van der Waals surface area contributed by atoms with Gasteiger partial charge in [0, 0.05) is 24.8 Å². The second-order valence-electron chi connectivity index (χ2n) is 6.04. The van der Waals surface area contributed by atoms with Gasteiger partial charge in [-0.05, 0) is 37.1 Å². The summed E-state index contributed by atoms with van der Waals surface area (Å²) in [5.74, 6) is 1.09. The van der Waals surface area contributed by atoms with Crippen LogP contribution in [0.25, 0.3) is 0 Å². The number of aryl methyl sites for hydroxylation is 2. The molecule has 3 aromatic rings. The molecule has 0 amide bonds. The quantitative estimate of drug-likeness (QED) is 0.698. The van der Waals surface area contributed by atoms with E-state index in [1.54, 1.807) is 12.1 Å². The van der Waals surface area contributed by atoms with Crippen LogP contribution in [0.4, 0.5) is 16.2 Å². The number of nitrogens with one attached hydrogen (secondary N) is 2. The lowest BCUT2D eigenvalue weighted by molar-refractivity contribution is 0.627. The van der Waals surface area contributed by atoms with Crippen molar-refractivity contribution in [1.29, 1.82) is 0 Å². The Morgan fingerprint density at radius 2 is 1.60 bits per heavy atom. The summed E-state index contributed by atoms with van der Waals surface area (Å²) in [6.07, 6.45) is 0. The van der Waals surface area contributed by atoms with Crippen molar-refractivity contribution in [2.24, 2.45) is 0 Å². The standard InChI is InChI=1S/C20H21FN4/c1-14-4-3-5-17(10-14)13-22-19-11-15(2)24-20(25-19)23-12-16-6-8-18(21)9-7-16/h3-11H,12-13H2,1-2H3,(H2,22,23,24,25). The van der Waals surface area contributed by atoms with Crippen LogP contribution in [0.1, 0.15) is 22.4 Å². The van der Waals surface area contributed by atoms with E-state index in [4.69, 9.17) is 0 Å². The molecule has 0 atom stereocenters. The largest absolute Gasteiger partial charge is 0.366 e. The van der Waals surface area contributed by atoms with E-state index in [2.05, 4.69) is 45.7 Å². The fraction of sp³-hybridized carbons (Fsp3) is 0.200. The van der Waals surface area contributed by atoms with Gasteiger partial charge in [-0.2, -0.15) is 4.98 Å². The summed E-state index contributed by atoms with van der Waals surface area (Å²) in [6, 6.07) is 16.7. The van der Waals surface area contributed by atoms with Gasteiger partial charge >= 0.3 is 0 Å². The molecule has 0 radical (unpaired) electrons. The van der Waals surface area contributed by atoms with Gasteiger partial charge in [0.05, 0.1) is 0 Å². The molecule has 25 heavy (non-hydrogen) atoms. The Morgan fingerprint density at radius 3 is 2.36 bits per heavy atom. The first-order valence-electron chi connectivity index (χ1n) is 8.22. The highest BCUT2D eigenvalue weighted by Crippen LogP contribution is 2.13. The van der Waals surface area contributed by atoms with E-state index in [0.717, 1.165) is 17.1 Å². The maximum absolute atomic E-state index is 13.0. The summed E-state index contributed by atoms with van der Waals surface area (Å²) in [6.45, 7) is 5.26. The zero-order valence-corrected chi connectivity index (χ0v) is 14.4. The van der Waals surface area contributed by atoms with Crippen LogP contribution in [0.5, 0.6) is 0 Å². The predicted molar refractivity (Wildman–Crippen MR) is 99.0 cm³/mol. The van der Waals surface area contributed by atoms with E-state index >= 15 is 0 Å². The molecule has 0 unspecified atom stereocenters. The molecular weight excluding hydrogens is 315 g/mol. The van der Waals surface area contributed by atoms with Crippen LogP contribution in [0.15, 0.2) is 54.6 Å². The van der Waals surface area contributed by atoms with E-state index in [0.29, 0.717) is 19.0 Å². The minimum absolute atomic E-state index is 0.238. The number of nitrogens with zero attached hydrogens (tertiary/aromatic N) is 2. The Labute approximate surface area is 147 Å². The molecule has 128 valence electrons. The predicted octanol–water partition coefficient (Wildman–Crippen LogP) is 4.46. The van der Waals surface area contributed by atoms with Crippen LogP contribution < -0.4 is 10.6 Å². The first-order chi connectivity index (χ1) is 12.1. The molecule has 0 fully saturated rings. The molecule has 1 aromatic heterocycles. The third-order valence-electron chi connectivity index (χ3n) is 3.77. The van der Waals surface area contributed by atoms with Crippen LogP contribution in [0.2, 0.25) is 0 Å². The number of benzene rings is 2. The summed E-state index contributed by atoms with van der Waals surface area (Å²) in [7, 11) is 0. The van der Waals surface area contributed by atoms with E-state index in [1.807, 2.05) is 19.1 Å². The van der Waals surface area contributed by atoms with Crippen molar-refractivity contribution in [3.63, 3.8) is 0 Å². The molecule has 2 N–H and O–H groups in total. The van der Waals surface area contributed by atoms with E-state index in [1.165, 1.54) is 23.3 Å². The monoisotopic (exact) mass is 336 g/mol. The minimum Gasteiger partial charge on any atom is -0.366 e. The van der Waals surface area contributed by atoms with Crippen molar-refractivity contribution < 1.29 is 4.39 Å². The topological polar surface area (TPSA) is 49.8 Å². The minimum atomic E-state index is -0.238. The third-order valence-corrected chi connectivity index (χ3v) is 3.77. The lowest BCUT2D eigenvalue weighted by atomic mass is 10.1. The number of anilines is 2. The van der Waals surface area contributed by atoms with Crippen molar-refractivity contribution >= 4 is 11.8 Å². The summed E-state index contributed by atoms with van der Waals surface area (Å²) in [4.78, 5) is 8.90. The molecule has 0 spiro atoms. The highest BCUT2D eigenvalue weighted by Gasteiger charge is 2.03. The van der Waals surface area contributed by atoms with Crippen molar-refractivity contribution in [2.45, 2.75) is 26.9 Å². The second kappa shape index (κ2) is 7.75. The zero-order valence-electron chi connectivity index (χ0n) is 14.4. The van der Waals surface area contributed by atoms with Crippen molar-refractivity contribution in [1.82, 2.24) is 9.97 Å². The average Bonchev–Trinajstić information content (AvgIpc) is 2.59. The van der Waals surface area contributed by atoms with Crippen LogP contribution in [-0.2, 0) is 13.1 Å². The Bertz CT molecular complexity index is 847. The van der Waals surface area contributed by atoms with Gasteiger partial charge in [0.2, 0.25) is 5.95 Å². The molecular formula is C20H21FN4. The van der Waals surface area contributed by atoms with Gasteiger partial charge in [-0.15, -0.1) is 0 Å². The Hall–Kier alpha value is -2.95. The van der Waals surface area contributed by atoms with Crippen LogP contribution >= 0.6 is 0 Å².